The highest BCUT2D eigenvalue weighted by molar-refractivity contribution is 6.26. The van der Waals surface area contributed by atoms with Crippen molar-refractivity contribution in [1.29, 1.82) is 5.26 Å². The average Bonchev–Trinajstić information content (AvgIpc) is 4.04. The molecule has 7 nitrogen and oxygen atoms in total. The lowest BCUT2D eigenvalue weighted by atomic mass is 10.0. The predicted molar refractivity (Wildman–Crippen MR) is 262 cm³/mol. The van der Waals surface area contributed by atoms with Gasteiger partial charge in [-0.25, -0.2) is 15.0 Å². The van der Waals surface area contributed by atoms with Crippen molar-refractivity contribution < 1.29 is 4.42 Å². The Balaban J connectivity index is 1.02. The fourth-order valence-electron chi connectivity index (χ4n) is 9.64. The Morgan fingerprint density at radius 1 is 0.385 bits per heavy atom. The van der Waals surface area contributed by atoms with Crippen molar-refractivity contribution in [2.24, 2.45) is 0 Å². The summed E-state index contributed by atoms with van der Waals surface area (Å²) in [6.07, 6.45) is 0. The fraction of sp³-hybridized carbons (Fsp3) is 0. The molecule has 0 aliphatic rings. The van der Waals surface area contributed by atoms with Gasteiger partial charge in [0.15, 0.2) is 17.5 Å². The average molecular weight is 831 g/mol. The van der Waals surface area contributed by atoms with Crippen molar-refractivity contribution in [2.45, 2.75) is 0 Å². The molecule has 0 atom stereocenters. The lowest BCUT2D eigenvalue weighted by Crippen LogP contribution is -2.02. The third-order valence-electron chi connectivity index (χ3n) is 12.6. The first kappa shape index (κ1) is 36.5. The molecule has 0 N–H and O–H groups in total. The van der Waals surface area contributed by atoms with E-state index in [2.05, 4.69) is 149 Å². The maximum Gasteiger partial charge on any atom is 0.164 e. The third kappa shape index (κ3) is 5.78. The second-order valence-electron chi connectivity index (χ2n) is 16.3. The van der Waals surface area contributed by atoms with Crippen molar-refractivity contribution in [3.63, 3.8) is 0 Å². The first-order valence-electron chi connectivity index (χ1n) is 21.6. The van der Waals surface area contributed by atoms with Gasteiger partial charge in [0.1, 0.15) is 17.2 Å². The van der Waals surface area contributed by atoms with E-state index >= 15 is 0 Å². The molecule has 0 fully saturated rings. The number of benzene rings is 9. The topological polar surface area (TPSA) is 85.5 Å². The van der Waals surface area contributed by atoms with E-state index in [1.807, 2.05) is 72.8 Å². The summed E-state index contributed by atoms with van der Waals surface area (Å²) < 4.78 is 10.8. The molecule has 13 aromatic rings. The number of fused-ring (bicyclic) bond motifs is 10. The number of hydrogen-bond acceptors (Lipinski definition) is 5. The molecule has 65 heavy (non-hydrogen) atoms. The van der Waals surface area contributed by atoms with Crippen molar-refractivity contribution in [3.05, 3.63) is 212 Å². The van der Waals surface area contributed by atoms with Crippen LogP contribution >= 0.6 is 0 Å². The lowest BCUT2D eigenvalue weighted by molar-refractivity contribution is 0.669. The minimum atomic E-state index is 0.466. The molecule has 4 heterocycles. The highest BCUT2D eigenvalue weighted by atomic mass is 16.3. The van der Waals surface area contributed by atoms with Crippen molar-refractivity contribution in [3.8, 4) is 62.7 Å². The number of furan rings is 1. The van der Waals surface area contributed by atoms with Crippen LogP contribution in [0, 0.1) is 11.3 Å². The monoisotopic (exact) mass is 830 g/mol. The minimum Gasteiger partial charge on any atom is -0.456 e. The Morgan fingerprint density at radius 2 is 0.938 bits per heavy atom. The Hall–Kier alpha value is -9.12. The van der Waals surface area contributed by atoms with Gasteiger partial charge in [0, 0.05) is 54.7 Å². The summed E-state index contributed by atoms with van der Waals surface area (Å²) in [5.41, 5.74) is 12.9. The van der Waals surface area contributed by atoms with E-state index in [0.717, 1.165) is 99.2 Å². The normalized spacial score (nSPS) is 11.7. The quantitative estimate of drug-likeness (QED) is 0.167. The molecule has 4 aromatic heterocycles. The van der Waals surface area contributed by atoms with Crippen LogP contribution in [0.3, 0.4) is 0 Å². The summed E-state index contributed by atoms with van der Waals surface area (Å²) >= 11 is 0. The van der Waals surface area contributed by atoms with Gasteiger partial charge in [-0.05, 0) is 83.9 Å². The van der Waals surface area contributed by atoms with E-state index in [1.165, 1.54) is 0 Å². The van der Waals surface area contributed by atoms with Crippen molar-refractivity contribution in [1.82, 2.24) is 24.1 Å². The smallest absolute Gasteiger partial charge is 0.164 e. The second kappa shape index (κ2) is 14.5. The summed E-state index contributed by atoms with van der Waals surface area (Å²) in [4.78, 5) is 15.4. The Kier molecular flexibility index (Phi) is 8.14. The summed E-state index contributed by atoms with van der Waals surface area (Å²) in [6.45, 7) is 0. The summed E-state index contributed by atoms with van der Waals surface area (Å²) in [5.74, 6) is 1.52. The van der Waals surface area contributed by atoms with Gasteiger partial charge in [0.05, 0.1) is 33.3 Å². The standard InChI is InChI=1S/C58H34N6O/c59-35-41-33-39(27-30-48(41)64-49-20-10-7-17-43(49)45-29-31-51-54(55(45)64)46-19-8-11-21-50(46)63(51)42-15-5-2-6-16-42)57-60-56(38-25-23-37(24-26-38)36-13-3-1-4-14-36)61-58(62-57)40-28-32-53-47(34-40)44-18-9-12-22-52(44)65-53/h1-34H. The van der Waals surface area contributed by atoms with Gasteiger partial charge in [-0.15, -0.1) is 0 Å². The van der Waals surface area contributed by atoms with Crippen molar-refractivity contribution >= 4 is 65.6 Å². The molecule has 0 spiro atoms. The largest absolute Gasteiger partial charge is 0.456 e. The lowest BCUT2D eigenvalue weighted by Gasteiger charge is -2.13. The number of rotatable bonds is 6. The van der Waals surface area contributed by atoms with Crippen LogP contribution in [-0.4, -0.2) is 24.1 Å². The number of nitrogens with zero attached hydrogens (tertiary/aromatic N) is 6. The maximum atomic E-state index is 11.1. The zero-order valence-corrected chi connectivity index (χ0v) is 34.7. The van der Waals surface area contributed by atoms with Crippen molar-refractivity contribution in [2.75, 3.05) is 0 Å². The molecule has 9 aromatic carbocycles. The van der Waals surface area contributed by atoms with Crippen LogP contribution in [0.2, 0.25) is 0 Å². The minimum absolute atomic E-state index is 0.466. The van der Waals surface area contributed by atoms with E-state index in [-0.39, 0.29) is 0 Å². The molecule has 7 heteroatoms. The first-order chi connectivity index (χ1) is 32.2. The van der Waals surface area contributed by atoms with Gasteiger partial charge >= 0.3 is 0 Å². The van der Waals surface area contributed by atoms with Crippen LogP contribution in [0.25, 0.3) is 122 Å². The molecule has 0 aliphatic carbocycles. The first-order valence-corrected chi connectivity index (χ1v) is 21.6. The van der Waals surface area contributed by atoms with E-state index in [0.29, 0.717) is 28.6 Å². The van der Waals surface area contributed by atoms with Gasteiger partial charge in [-0.2, -0.15) is 5.26 Å². The van der Waals surface area contributed by atoms with Gasteiger partial charge in [0.2, 0.25) is 0 Å². The zero-order chi connectivity index (χ0) is 43.0. The molecule has 0 bridgehead atoms. The van der Waals surface area contributed by atoms with Crippen LogP contribution in [0.15, 0.2) is 211 Å². The SMILES string of the molecule is N#Cc1cc(-c2nc(-c3ccc(-c4ccccc4)cc3)nc(-c3ccc4oc5ccccc5c4c3)n2)ccc1-n1c2ccccc2c2ccc3c(c4ccccc4n3-c3ccccc3)c21. The summed E-state index contributed by atoms with van der Waals surface area (Å²) in [7, 11) is 0. The number of para-hydroxylation sites is 4. The fourth-order valence-corrected chi connectivity index (χ4v) is 9.64. The second-order valence-corrected chi connectivity index (χ2v) is 16.3. The molecule has 0 saturated carbocycles. The van der Waals surface area contributed by atoms with Crippen LogP contribution < -0.4 is 0 Å². The molecule has 0 radical (unpaired) electrons. The predicted octanol–water partition coefficient (Wildman–Crippen LogP) is 14.5. The van der Waals surface area contributed by atoms with Crippen LogP contribution in [0.5, 0.6) is 0 Å². The number of nitriles is 1. The molecule has 0 aliphatic heterocycles. The summed E-state index contributed by atoms with van der Waals surface area (Å²) in [6, 6.07) is 73.2. The Morgan fingerprint density at radius 3 is 1.69 bits per heavy atom. The summed E-state index contributed by atoms with van der Waals surface area (Å²) in [5, 5.41) is 17.6. The highest BCUT2D eigenvalue weighted by Crippen LogP contribution is 2.43. The van der Waals surface area contributed by atoms with Gasteiger partial charge in [0.25, 0.3) is 0 Å². The van der Waals surface area contributed by atoms with Gasteiger partial charge in [-0.1, -0.05) is 133 Å². The van der Waals surface area contributed by atoms with Crippen LogP contribution in [0.1, 0.15) is 5.56 Å². The molecular formula is C58H34N6O. The highest BCUT2D eigenvalue weighted by Gasteiger charge is 2.23. The van der Waals surface area contributed by atoms with Gasteiger partial charge in [-0.3, -0.25) is 0 Å². The van der Waals surface area contributed by atoms with E-state index in [4.69, 9.17) is 19.4 Å². The molecule has 0 unspecified atom stereocenters. The van der Waals surface area contributed by atoms with Crippen LogP contribution in [-0.2, 0) is 0 Å². The Labute approximate surface area is 372 Å². The van der Waals surface area contributed by atoms with E-state index in [9.17, 15) is 5.26 Å². The van der Waals surface area contributed by atoms with E-state index in [1.54, 1.807) is 0 Å². The molecule has 302 valence electrons. The number of aromatic nitrogens is 5. The molecule has 0 saturated heterocycles. The molecule has 0 amide bonds. The Bertz CT molecular complexity index is 4060. The maximum absolute atomic E-state index is 11.1. The zero-order valence-electron chi connectivity index (χ0n) is 34.7. The third-order valence-corrected chi connectivity index (χ3v) is 12.6. The van der Waals surface area contributed by atoms with E-state index < -0.39 is 0 Å². The van der Waals surface area contributed by atoms with Gasteiger partial charge < -0.3 is 13.6 Å². The van der Waals surface area contributed by atoms with Crippen LogP contribution in [0.4, 0.5) is 0 Å². The molecule has 13 rings (SSSR count). The number of hydrogen-bond donors (Lipinski definition) is 0. The molecular weight excluding hydrogens is 797 g/mol.